The van der Waals surface area contributed by atoms with Crippen LogP contribution in [0.2, 0.25) is 5.02 Å². The highest BCUT2D eigenvalue weighted by molar-refractivity contribution is 6.30. The minimum Gasteiger partial charge on any atom is -0.408 e. The van der Waals surface area contributed by atoms with Crippen molar-refractivity contribution in [2.24, 2.45) is 0 Å². The van der Waals surface area contributed by atoms with Crippen molar-refractivity contribution >= 4 is 23.7 Å². The quantitative estimate of drug-likeness (QED) is 0.688. The summed E-state index contributed by atoms with van der Waals surface area (Å²) in [5, 5.41) is 4.82. The van der Waals surface area contributed by atoms with E-state index < -0.39 is 0 Å². The van der Waals surface area contributed by atoms with Gasteiger partial charge in [-0.3, -0.25) is 4.79 Å². The molecule has 0 bridgehead atoms. The molecule has 2 aromatic heterocycles. The Bertz CT molecular complexity index is 754. The third-order valence-electron chi connectivity index (χ3n) is 2.63. The molecule has 0 radical (unpaired) electrons. The van der Waals surface area contributed by atoms with Crippen LogP contribution in [0.3, 0.4) is 0 Å². The Kier molecular flexibility index (Phi) is 2.89. The molecule has 19 heavy (non-hydrogen) atoms. The number of benzene rings is 1. The van der Waals surface area contributed by atoms with Crippen molar-refractivity contribution < 1.29 is 9.53 Å². The highest BCUT2D eigenvalue weighted by Gasteiger charge is 2.08. The summed E-state index contributed by atoms with van der Waals surface area (Å²) in [6.45, 7) is 0.337. The molecule has 0 aliphatic rings. The van der Waals surface area contributed by atoms with Gasteiger partial charge >= 0.3 is 0 Å². The van der Waals surface area contributed by atoms with E-state index in [1.165, 1.54) is 0 Å². The number of hydrogen-bond donors (Lipinski definition) is 0. The summed E-state index contributed by atoms with van der Waals surface area (Å²) in [6, 6.07) is 10.7. The molecule has 0 amide bonds. The molecule has 5 nitrogen and oxygen atoms in total. The molecule has 0 fully saturated rings. The Morgan fingerprint density at radius 1 is 1.26 bits per heavy atom. The van der Waals surface area contributed by atoms with E-state index in [9.17, 15) is 4.79 Å². The molecule has 94 valence electrons. The summed E-state index contributed by atoms with van der Waals surface area (Å²) in [6.07, 6.45) is 1.69. The topological polar surface area (TPSA) is 56.5 Å². The number of carbonyl (C=O) groups excluding carboxylic acids is 1. The van der Waals surface area contributed by atoms with Crippen molar-refractivity contribution in [3.05, 3.63) is 47.6 Å². The Balaban J connectivity index is 2.18. The van der Waals surface area contributed by atoms with Crippen LogP contribution in [-0.4, -0.2) is 21.1 Å². The maximum atomic E-state index is 10.3. The number of halogens is 1. The number of fused-ring (bicyclic) bond motifs is 1. The molecular formula is C13H8ClN3O2. The highest BCUT2D eigenvalue weighted by Crippen LogP contribution is 2.23. The van der Waals surface area contributed by atoms with Crippen molar-refractivity contribution in [2.75, 3.05) is 0 Å². The number of imidazole rings is 1. The van der Waals surface area contributed by atoms with Gasteiger partial charge in [-0.15, -0.1) is 5.10 Å². The van der Waals surface area contributed by atoms with Gasteiger partial charge in [0.1, 0.15) is 0 Å². The molecule has 0 N–H and O–H groups in total. The average Bonchev–Trinajstić information content (AvgIpc) is 2.82. The summed E-state index contributed by atoms with van der Waals surface area (Å²) in [7, 11) is 0. The maximum absolute atomic E-state index is 10.3. The fourth-order valence-corrected chi connectivity index (χ4v) is 2.00. The predicted molar refractivity (Wildman–Crippen MR) is 70.1 cm³/mol. The molecule has 1 aromatic carbocycles. The summed E-state index contributed by atoms with van der Waals surface area (Å²) in [5.74, 6) is 0.212. The van der Waals surface area contributed by atoms with Crippen molar-refractivity contribution in [2.45, 2.75) is 0 Å². The number of hydrogen-bond acceptors (Lipinski definition) is 4. The highest BCUT2D eigenvalue weighted by atomic mass is 35.5. The van der Waals surface area contributed by atoms with E-state index >= 15 is 0 Å². The molecule has 3 rings (SSSR count). The summed E-state index contributed by atoms with van der Waals surface area (Å²) < 4.78 is 6.33. The van der Waals surface area contributed by atoms with Crippen LogP contribution in [0.15, 0.2) is 42.6 Å². The van der Waals surface area contributed by atoms with Gasteiger partial charge in [0.15, 0.2) is 5.65 Å². The van der Waals surface area contributed by atoms with E-state index in [0.717, 1.165) is 11.3 Å². The van der Waals surface area contributed by atoms with E-state index in [-0.39, 0.29) is 5.88 Å². The monoisotopic (exact) mass is 273 g/mol. The first-order chi connectivity index (χ1) is 9.28. The fraction of sp³-hybridized carbons (Fsp3) is 0. The van der Waals surface area contributed by atoms with Gasteiger partial charge in [-0.1, -0.05) is 23.7 Å². The zero-order valence-corrected chi connectivity index (χ0v) is 10.4. The zero-order valence-electron chi connectivity index (χ0n) is 9.65. The zero-order chi connectivity index (χ0) is 13.2. The van der Waals surface area contributed by atoms with Crippen LogP contribution in [0.25, 0.3) is 16.9 Å². The number of ether oxygens (including phenoxy) is 1. The molecule has 0 aliphatic carbocycles. The molecule has 0 spiro atoms. The maximum Gasteiger partial charge on any atom is 0.299 e. The average molecular weight is 274 g/mol. The third-order valence-corrected chi connectivity index (χ3v) is 2.86. The van der Waals surface area contributed by atoms with Crippen LogP contribution in [0.5, 0.6) is 5.88 Å². The first-order valence-electron chi connectivity index (χ1n) is 5.49. The summed E-state index contributed by atoms with van der Waals surface area (Å²) in [5.41, 5.74) is 2.32. The lowest BCUT2D eigenvalue weighted by Crippen LogP contribution is -1.99. The van der Waals surface area contributed by atoms with Gasteiger partial charge in [0.2, 0.25) is 5.88 Å². The van der Waals surface area contributed by atoms with Gasteiger partial charge < -0.3 is 4.74 Å². The number of nitrogens with zero attached hydrogens (tertiary/aromatic N) is 3. The number of rotatable bonds is 3. The SMILES string of the molecule is O=COc1ccc2ncc(-c3cccc(Cl)c3)n2n1. The van der Waals surface area contributed by atoms with E-state index in [1.807, 2.05) is 18.2 Å². The third kappa shape index (κ3) is 2.15. The van der Waals surface area contributed by atoms with Crippen molar-refractivity contribution in [3.8, 4) is 17.1 Å². The lowest BCUT2D eigenvalue weighted by molar-refractivity contribution is -0.121. The van der Waals surface area contributed by atoms with Crippen LogP contribution in [-0.2, 0) is 4.79 Å². The van der Waals surface area contributed by atoms with Crippen LogP contribution in [0, 0.1) is 0 Å². The second-order valence-corrected chi connectivity index (χ2v) is 4.25. The summed E-state index contributed by atoms with van der Waals surface area (Å²) in [4.78, 5) is 14.6. The lowest BCUT2D eigenvalue weighted by atomic mass is 10.2. The van der Waals surface area contributed by atoms with Crippen molar-refractivity contribution in [3.63, 3.8) is 0 Å². The van der Waals surface area contributed by atoms with E-state index in [1.54, 1.807) is 28.9 Å². The van der Waals surface area contributed by atoms with Crippen molar-refractivity contribution in [1.82, 2.24) is 14.6 Å². The molecule has 6 heteroatoms. The molecule has 0 atom stereocenters. The van der Waals surface area contributed by atoms with Crippen LogP contribution in [0.1, 0.15) is 0 Å². The van der Waals surface area contributed by atoms with E-state index in [2.05, 4.69) is 10.1 Å². The molecule has 0 saturated carbocycles. The van der Waals surface area contributed by atoms with Gasteiger partial charge in [0.25, 0.3) is 6.47 Å². The second kappa shape index (κ2) is 4.70. The molecular weight excluding hydrogens is 266 g/mol. The molecule has 2 heterocycles. The van der Waals surface area contributed by atoms with Crippen LogP contribution in [0.4, 0.5) is 0 Å². The van der Waals surface area contributed by atoms with Crippen LogP contribution >= 0.6 is 11.6 Å². The first-order valence-corrected chi connectivity index (χ1v) is 5.87. The Morgan fingerprint density at radius 3 is 2.95 bits per heavy atom. The standard InChI is InChI=1S/C13H8ClN3O2/c14-10-3-1-2-9(6-10)11-7-15-12-4-5-13(19-8-18)16-17(11)12/h1-8H. The minimum atomic E-state index is 0.212. The molecule has 0 aliphatic heterocycles. The molecule has 3 aromatic rings. The van der Waals surface area contributed by atoms with E-state index in [4.69, 9.17) is 16.3 Å². The first kappa shape index (κ1) is 11.7. The summed E-state index contributed by atoms with van der Waals surface area (Å²) >= 11 is 5.97. The fourth-order valence-electron chi connectivity index (χ4n) is 1.81. The van der Waals surface area contributed by atoms with Gasteiger partial charge in [-0.2, -0.15) is 0 Å². The smallest absolute Gasteiger partial charge is 0.299 e. The largest absolute Gasteiger partial charge is 0.408 e. The van der Waals surface area contributed by atoms with Crippen molar-refractivity contribution in [1.29, 1.82) is 0 Å². The van der Waals surface area contributed by atoms with Gasteiger partial charge in [-0.05, 0) is 18.2 Å². The normalized spacial score (nSPS) is 10.6. The number of carbonyl (C=O) groups is 1. The Labute approximate surface area is 113 Å². The minimum absolute atomic E-state index is 0.212. The van der Waals surface area contributed by atoms with Gasteiger partial charge in [-0.25, -0.2) is 9.50 Å². The lowest BCUT2D eigenvalue weighted by Gasteiger charge is -2.03. The Morgan fingerprint density at radius 2 is 2.16 bits per heavy atom. The molecule has 0 unspecified atom stereocenters. The Hall–Kier alpha value is -2.40. The van der Waals surface area contributed by atoms with Gasteiger partial charge in [0.05, 0.1) is 11.9 Å². The van der Waals surface area contributed by atoms with Crippen LogP contribution < -0.4 is 4.74 Å². The molecule has 0 saturated heterocycles. The number of aromatic nitrogens is 3. The second-order valence-electron chi connectivity index (χ2n) is 3.81. The van der Waals surface area contributed by atoms with E-state index in [0.29, 0.717) is 17.1 Å². The van der Waals surface area contributed by atoms with Gasteiger partial charge in [0, 0.05) is 16.7 Å². The predicted octanol–water partition coefficient (Wildman–Crippen LogP) is 2.58.